The van der Waals surface area contributed by atoms with Crippen molar-refractivity contribution >= 4 is 23.3 Å². The molecule has 0 unspecified atom stereocenters. The SMILES string of the molecule is COC(=O)c1ccc2c(c1)N(C[C@@H]1CC[C@H]1[C@@H]1C[C@@H](OC[C@H](C)O)CCO1)C[C@@]1(CCCc3cc(Cl)ccc31)CO2. The molecule has 1 N–H and O–H groups in total. The maximum Gasteiger partial charge on any atom is 0.337 e. The molecular weight excluding hydrogens is 542 g/mol. The molecule has 2 aromatic rings. The van der Waals surface area contributed by atoms with E-state index in [1.165, 1.54) is 18.2 Å². The Balaban J connectivity index is 1.28. The van der Waals surface area contributed by atoms with E-state index in [0.29, 0.717) is 37.2 Å². The lowest BCUT2D eigenvalue weighted by molar-refractivity contribution is -0.124. The molecule has 7 nitrogen and oxygen atoms in total. The topological polar surface area (TPSA) is 77.5 Å². The minimum absolute atomic E-state index is 0.133. The average molecular weight is 584 g/mol. The average Bonchev–Trinajstić information content (AvgIpc) is 3.11. The molecule has 0 amide bonds. The Hall–Kier alpha value is -2.32. The van der Waals surface area contributed by atoms with Crippen LogP contribution in [0.2, 0.25) is 5.02 Å². The number of carbonyl (C=O) groups is 1. The number of anilines is 1. The fourth-order valence-corrected chi connectivity index (χ4v) is 7.67. The number of aliphatic hydroxyl groups excluding tert-OH is 1. The van der Waals surface area contributed by atoms with Crippen LogP contribution in [-0.4, -0.2) is 69.4 Å². The van der Waals surface area contributed by atoms with Crippen LogP contribution >= 0.6 is 11.6 Å². The molecule has 2 aromatic carbocycles. The van der Waals surface area contributed by atoms with E-state index in [9.17, 15) is 9.90 Å². The van der Waals surface area contributed by atoms with E-state index >= 15 is 0 Å². The number of methoxy groups -OCH3 is 1. The Kier molecular flexibility index (Phi) is 8.51. The summed E-state index contributed by atoms with van der Waals surface area (Å²) in [7, 11) is 1.42. The maximum atomic E-state index is 12.5. The highest BCUT2D eigenvalue weighted by Crippen LogP contribution is 2.47. The quantitative estimate of drug-likeness (QED) is 0.427. The fraction of sp³-hybridized carbons (Fsp3) is 0.606. The van der Waals surface area contributed by atoms with Crippen LogP contribution in [0, 0.1) is 11.8 Å². The highest BCUT2D eigenvalue weighted by molar-refractivity contribution is 6.30. The number of benzene rings is 2. The van der Waals surface area contributed by atoms with E-state index < -0.39 is 6.10 Å². The third kappa shape index (κ3) is 5.96. The van der Waals surface area contributed by atoms with E-state index in [1.54, 1.807) is 13.0 Å². The van der Waals surface area contributed by atoms with Crippen molar-refractivity contribution < 1.29 is 28.8 Å². The molecule has 2 heterocycles. The predicted molar refractivity (Wildman–Crippen MR) is 158 cm³/mol. The number of carbonyl (C=O) groups excluding carboxylic acids is 1. The molecular formula is C33H42ClNO6. The fourth-order valence-electron chi connectivity index (χ4n) is 7.47. The van der Waals surface area contributed by atoms with Gasteiger partial charge in [0.1, 0.15) is 5.75 Å². The molecule has 2 fully saturated rings. The minimum atomic E-state index is -0.457. The molecule has 1 spiro atoms. The number of fused-ring (bicyclic) bond motifs is 3. The first-order valence-corrected chi connectivity index (χ1v) is 15.5. The van der Waals surface area contributed by atoms with Crippen LogP contribution in [0.4, 0.5) is 5.69 Å². The van der Waals surface area contributed by atoms with Gasteiger partial charge in [-0.2, -0.15) is 0 Å². The van der Waals surface area contributed by atoms with Crippen molar-refractivity contribution in [3.8, 4) is 5.75 Å². The predicted octanol–water partition coefficient (Wildman–Crippen LogP) is 5.57. The number of nitrogens with zero attached hydrogens (tertiary/aromatic N) is 1. The molecule has 8 heteroatoms. The molecule has 0 bridgehead atoms. The van der Waals surface area contributed by atoms with E-state index in [4.69, 9.17) is 30.5 Å². The Morgan fingerprint density at radius 1 is 1.22 bits per heavy atom. The second-order valence-electron chi connectivity index (χ2n) is 12.5. The summed E-state index contributed by atoms with van der Waals surface area (Å²) in [6.45, 7) is 5.10. The van der Waals surface area contributed by atoms with Gasteiger partial charge in [0.2, 0.25) is 0 Å². The first-order chi connectivity index (χ1) is 19.8. The number of esters is 1. The molecule has 0 radical (unpaired) electrons. The van der Waals surface area contributed by atoms with Gasteiger partial charge in [-0.1, -0.05) is 17.7 Å². The van der Waals surface area contributed by atoms with Gasteiger partial charge in [0, 0.05) is 36.6 Å². The van der Waals surface area contributed by atoms with E-state index in [0.717, 1.165) is 74.5 Å². The second kappa shape index (κ2) is 12.1. The van der Waals surface area contributed by atoms with Gasteiger partial charge in [0.15, 0.2) is 0 Å². The van der Waals surface area contributed by atoms with Crippen molar-refractivity contribution in [2.24, 2.45) is 11.8 Å². The summed E-state index contributed by atoms with van der Waals surface area (Å²) >= 11 is 6.41. The Morgan fingerprint density at radius 2 is 2.10 bits per heavy atom. The van der Waals surface area contributed by atoms with Crippen molar-refractivity contribution in [3.05, 3.63) is 58.1 Å². The van der Waals surface area contributed by atoms with Crippen LogP contribution < -0.4 is 9.64 Å². The largest absolute Gasteiger partial charge is 0.490 e. The number of aliphatic hydroxyl groups is 1. The zero-order valence-corrected chi connectivity index (χ0v) is 24.9. The monoisotopic (exact) mass is 583 g/mol. The van der Waals surface area contributed by atoms with Gasteiger partial charge < -0.3 is 29.0 Å². The molecule has 6 atom stereocenters. The molecule has 0 aromatic heterocycles. The maximum absolute atomic E-state index is 12.5. The Labute approximate surface area is 248 Å². The van der Waals surface area contributed by atoms with Crippen LogP contribution in [0.1, 0.15) is 66.9 Å². The van der Waals surface area contributed by atoms with Crippen LogP contribution in [0.3, 0.4) is 0 Å². The van der Waals surface area contributed by atoms with Gasteiger partial charge >= 0.3 is 5.97 Å². The lowest BCUT2D eigenvalue weighted by Gasteiger charge is -2.47. The van der Waals surface area contributed by atoms with Crippen LogP contribution in [-0.2, 0) is 26.0 Å². The summed E-state index contributed by atoms with van der Waals surface area (Å²) in [6.07, 6.45) is 7.03. The van der Waals surface area contributed by atoms with E-state index in [1.807, 2.05) is 18.2 Å². The summed E-state index contributed by atoms with van der Waals surface area (Å²) in [4.78, 5) is 15.0. The summed E-state index contributed by atoms with van der Waals surface area (Å²) in [5.74, 6) is 1.39. The summed E-state index contributed by atoms with van der Waals surface area (Å²) in [5.41, 5.74) is 3.97. The number of rotatable bonds is 7. The molecule has 6 rings (SSSR count). The van der Waals surface area contributed by atoms with Crippen LogP contribution in [0.25, 0.3) is 0 Å². The lowest BCUT2D eigenvalue weighted by Crippen LogP contribution is -2.51. The van der Waals surface area contributed by atoms with E-state index in [-0.39, 0.29) is 23.6 Å². The molecule has 222 valence electrons. The number of aryl methyl sites for hydroxylation is 1. The Morgan fingerprint density at radius 3 is 2.88 bits per heavy atom. The van der Waals surface area contributed by atoms with Crippen LogP contribution in [0.5, 0.6) is 5.75 Å². The van der Waals surface area contributed by atoms with Gasteiger partial charge in [0.05, 0.1) is 49.9 Å². The molecule has 2 aliphatic carbocycles. The lowest BCUT2D eigenvalue weighted by atomic mass is 9.67. The molecule has 2 aliphatic heterocycles. The standard InChI is InChI=1S/C33H42ClNO6/c1-21(36)18-40-26-11-13-39-31(16-26)27-8-5-24(27)17-35-19-33(12-3-4-22-14-25(34)7-9-28(22)33)20-41-30-10-6-23(15-29(30)35)32(37)38-2/h6-7,9-10,14-15,21,24,26-27,31,36H,3-5,8,11-13,16-20H2,1-2H3/t21-,24-,26-,27+,31-,33-/m0/s1. The highest BCUT2D eigenvalue weighted by atomic mass is 35.5. The van der Waals surface area contributed by atoms with Crippen LogP contribution in [0.15, 0.2) is 36.4 Å². The van der Waals surface area contributed by atoms with Gasteiger partial charge in [-0.15, -0.1) is 0 Å². The van der Waals surface area contributed by atoms with Crippen molar-refractivity contribution in [3.63, 3.8) is 0 Å². The van der Waals surface area contributed by atoms with Crippen molar-refractivity contribution in [2.75, 3.05) is 44.9 Å². The number of hydrogen-bond acceptors (Lipinski definition) is 7. The number of hydrogen-bond donors (Lipinski definition) is 1. The third-order valence-corrected chi connectivity index (χ3v) is 9.94. The van der Waals surface area contributed by atoms with Crippen molar-refractivity contribution in [2.45, 2.75) is 75.6 Å². The van der Waals surface area contributed by atoms with Gasteiger partial charge in [-0.25, -0.2) is 4.79 Å². The summed E-state index contributed by atoms with van der Waals surface area (Å²) in [5, 5.41) is 10.5. The summed E-state index contributed by atoms with van der Waals surface area (Å²) in [6, 6.07) is 12.0. The summed E-state index contributed by atoms with van der Waals surface area (Å²) < 4.78 is 23.9. The number of ether oxygens (including phenoxy) is 4. The smallest absolute Gasteiger partial charge is 0.337 e. The zero-order valence-electron chi connectivity index (χ0n) is 24.1. The van der Waals surface area contributed by atoms with Crippen molar-refractivity contribution in [1.82, 2.24) is 0 Å². The second-order valence-corrected chi connectivity index (χ2v) is 13.0. The normalized spacial score (nSPS) is 29.9. The highest BCUT2D eigenvalue weighted by Gasteiger charge is 2.45. The first-order valence-electron chi connectivity index (χ1n) is 15.2. The molecule has 4 aliphatic rings. The van der Waals surface area contributed by atoms with Gasteiger partial charge in [-0.05, 0) is 98.7 Å². The van der Waals surface area contributed by atoms with Crippen molar-refractivity contribution in [1.29, 1.82) is 0 Å². The zero-order chi connectivity index (χ0) is 28.6. The third-order valence-electron chi connectivity index (χ3n) is 9.71. The molecule has 1 saturated heterocycles. The van der Waals surface area contributed by atoms with E-state index in [2.05, 4.69) is 17.0 Å². The van der Waals surface area contributed by atoms with Gasteiger partial charge in [0.25, 0.3) is 0 Å². The van der Waals surface area contributed by atoms with Gasteiger partial charge in [-0.3, -0.25) is 0 Å². The molecule has 1 saturated carbocycles. The first kappa shape index (κ1) is 28.8. The minimum Gasteiger partial charge on any atom is -0.490 e. The number of halogens is 1. The Bertz CT molecular complexity index is 1250. The molecule has 41 heavy (non-hydrogen) atoms.